The fourth-order valence-electron chi connectivity index (χ4n) is 9.39. The molecule has 3 heteroatoms. The lowest BCUT2D eigenvalue weighted by Gasteiger charge is -2.26. The van der Waals surface area contributed by atoms with Crippen molar-refractivity contribution in [2.24, 2.45) is 0 Å². The van der Waals surface area contributed by atoms with Crippen LogP contribution >= 0.6 is 0 Å². The van der Waals surface area contributed by atoms with E-state index >= 15 is 0 Å². The third-order valence-electron chi connectivity index (χ3n) is 12.4. The average Bonchev–Trinajstić information content (AvgIpc) is 3.91. The van der Waals surface area contributed by atoms with Crippen molar-refractivity contribution in [2.75, 3.05) is 4.90 Å². The molecule has 0 atom stereocenters. The van der Waals surface area contributed by atoms with Crippen LogP contribution < -0.4 is 4.90 Å². The van der Waals surface area contributed by atoms with E-state index in [1.807, 2.05) is 6.07 Å². The number of rotatable bonds is 8. The highest BCUT2D eigenvalue weighted by Gasteiger charge is 2.18. The van der Waals surface area contributed by atoms with Crippen LogP contribution in [0.3, 0.4) is 0 Å². The quantitative estimate of drug-likeness (QED) is 0.153. The van der Waals surface area contributed by atoms with Crippen molar-refractivity contribution in [3.05, 3.63) is 243 Å². The third-order valence-corrected chi connectivity index (χ3v) is 12.4. The van der Waals surface area contributed by atoms with E-state index in [0.717, 1.165) is 72.5 Å². The van der Waals surface area contributed by atoms with Crippen molar-refractivity contribution in [3.63, 3.8) is 0 Å². The highest BCUT2D eigenvalue weighted by atomic mass is 16.3. The molecular formula is C60H40N2O. The molecule has 12 rings (SSSR count). The summed E-state index contributed by atoms with van der Waals surface area (Å²) in [6.07, 6.45) is 0. The first-order valence-corrected chi connectivity index (χ1v) is 21.5. The number of furan rings is 1. The number of fused-ring (bicyclic) bond motifs is 6. The zero-order valence-electron chi connectivity index (χ0n) is 34.4. The van der Waals surface area contributed by atoms with Crippen molar-refractivity contribution < 1.29 is 4.42 Å². The smallest absolute Gasteiger partial charge is 0.143 e. The van der Waals surface area contributed by atoms with Crippen molar-refractivity contribution in [2.45, 2.75) is 0 Å². The van der Waals surface area contributed by atoms with Gasteiger partial charge in [0.05, 0.1) is 16.7 Å². The summed E-state index contributed by atoms with van der Waals surface area (Å²) >= 11 is 0. The molecule has 0 aliphatic heterocycles. The highest BCUT2D eigenvalue weighted by molar-refractivity contribution is 6.11. The summed E-state index contributed by atoms with van der Waals surface area (Å²) in [6, 6.07) is 86.9. The van der Waals surface area contributed by atoms with E-state index in [9.17, 15) is 0 Å². The number of anilines is 3. The summed E-state index contributed by atoms with van der Waals surface area (Å²) in [5.74, 6) is 0. The van der Waals surface area contributed by atoms with Crippen LogP contribution in [0.5, 0.6) is 0 Å². The van der Waals surface area contributed by atoms with Crippen LogP contribution in [0.15, 0.2) is 247 Å². The molecule has 0 N–H and O–H groups in total. The predicted octanol–water partition coefficient (Wildman–Crippen LogP) is 16.8. The molecular weight excluding hydrogens is 765 g/mol. The van der Waals surface area contributed by atoms with Gasteiger partial charge in [-0.15, -0.1) is 0 Å². The molecule has 12 aromatic rings. The molecule has 0 aliphatic carbocycles. The highest BCUT2D eigenvalue weighted by Crippen LogP contribution is 2.41. The molecule has 2 aromatic heterocycles. The van der Waals surface area contributed by atoms with Crippen molar-refractivity contribution >= 4 is 60.8 Å². The number of aromatic nitrogens is 1. The van der Waals surface area contributed by atoms with Crippen LogP contribution in [0.1, 0.15) is 0 Å². The first-order chi connectivity index (χ1) is 31.2. The largest absolute Gasteiger partial charge is 0.455 e. The molecule has 0 saturated carbocycles. The number of nitrogens with zero attached hydrogens (tertiary/aromatic N) is 2. The molecule has 0 bridgehead atoms. The number of hydrogen-bond donors (Lipinski definition) is 0. The number of benzene rings is 10. The minimum atomic E-state index is 0.884. The van der Waals surface area contributed by atoms with Gasteiger partial charge in [0.2, 0.25) is 0 Å². The Kier molecular flexibility index (Phi) is 8.83. The van der Waals surface area contributed by atoms with Gasteiger partial charge in [-0.05, 0) is 100 Å². The van der Waals surface area contributed by atoms with Crippen molar-refractivity contribution in [1.29, 1.82) is 0 Å². The first kappa shape index (κ1) is 36.5. The predicted molar refractivity (Wildman–Crippen MR) is 264 cm³/mol. The molecule has 3 nitrogen and oxygen atoms in total. The monoisotopic (exact) mass is 804 g/mol. The van der Waals surface area contributed by atoms with Gasteiger partial charge in [0.1, 0.15) is 11.2 Å². The lowest BCUT2D eigenvalue weighted by molar-refractivity contribution is 0.670. The Hall–Kier alpha value is -8.40. The molecule has 10 aromatic carbocycles. The molecule has 296 valence electrons. The van der Waals surface area contributed by atoms with Crippen LogP contribution in [0, 0.1) is 0 Å². The van der Waals surface area contributed by atoms with E-state index in [0.29, 0.717) is 0 Å². The second-order valence-electron chi connectivity index (χ2n) is 16.1. The van der Waals surface area contributed by atoms with E-state index in [1.54, 1.807) is 0 Å². The Bertz CT molecular complexity index is 3530. The fourth-order valence-corrected chi connectivity index (χ4v) is 9.39. The Morgan fingerprint density at radius 1 is 0.302 bits per heavy atom. The Balaban J connectivity index is 0.921. The summed E-state index contributed by atoms with van der Waals surface area (Å²) in [6.45, 7) is 0. The molecule has 0 saturated heterocycles. The van der Waals surface area contributed by atoms with Crippen LogP contribution in [0.2, 0.25) is 0 Å². The van der Waals surface area contributed by atoms with E-state index in [-0.39, 0.29) is 0 Å². The first-order valence-electron chi connectivity index (χ1n) is 21.5. The van der Waals surface area contributed by atoms with Gasteiger partial charge in [-0.2, -0.15) is 0 Å². The maximum atomic E-state index is 6.62. The lowest BCUT2D eigenvalue weighted by atomic mass is 10.0. The maximum Gasteiger partial charge on any atom is 0.143 e. The minimum absolute atomic E-state index is 0.884. The Morgan fingerprint density at radius 2 is 0.746 bits per heavy atom. The maximum absolute atomic E-state index is 6.62. The zero-order chi connectivity index (χ0) is 41.7. The van der Waals surface area contributed by atoms with Gasteiger partial charge in [-0.1, -0.05) is 176 Å². The van der Waals surface area contributed by atoms with Gasteiger partial charge in [-0.3, -0.25) is 0 Å². The van der Waals surface area contributed by atoms with Crippen LogP contribution in [0.25, 0.3) is 93.9 Å². The topological polar surface area (TPSA) is 21.3 Å². The van der Waals surface area contributed by atoms with E-state index in [2.05, 4.69) is 246 Å². The summed E-state index contributed by atoms with van der Waals surface area (Å²) in [4.78, 5) is 2.34. The summed E-state index contributed by atoms with van der Waals surface area (Å²) in [7, 11) is 0. The second-order valence-corrected chi connectivity index (χ2v) is 16.1. The van der Waals surface area contributed by atoms with E-state index in [4.69, 9.17) is 4.42 Å². The van der Waals surface area contributed by atoms with Gasteiger partial charge in [0.25, 0.3) is 0 Å². The summed E-state index contributed by atoms with van der Waals surface area (Å²) < 4.78 is 9.02. The standard InChI is InChI=1S/C60H40N2O/c1-3-14-41(15-4-1)42-26-33-47(34-27-42)61(48-35-28-43(29-36-48)46-32-39-54-55-22-13-21-51(44-16-5-2-6-17-44)60(55)63-59(54)40-46)49-37-30-45(31-38-49)50-18-7-10-23-56(50)62-57-24-11-8-19-52(57)53-20-9-12-25-58(53)62/h1-40H. The number of para-hydroxylation sites is 4. The molecule has 0 amide bonds. The molecule has 0 unspecified atom stereocenters. The van der Waals surface area contributed by atoms with E-state index < -0.39 is 0 Å². The SMILES string of the molecule is c1ccc(-c2ccc(N(c3ccc(-c4ccc5c(c4)oc4c(-c6ccccc6)cccc45)cc3)c3ccc(-c4ccccc4-n4c5ccccc5c5ccccc54)cc3)cc2)cc1. The van der Waals surface area contributed by atoms with Crippen LogP contribution in [0.4, 0.5) is 17.1 Å². The van der Waals surface area contributed by atoms with Crippen LogP contribution in [-0.4, -0.2) is 4.57 Å². The second kappa shape index (κ2) is 15.3. The van der Waals surface area contributed by atoms with Gasteiger partial charge >= 0.3 is 0 Å². The van der Waals surface area contributed by atoms with Crippen molar-refractivity contribution in [1.82, 2.24) is 4.57 Å². The Labute approximate surface area is 366 Å². The van der Waals surface area contributed by atoms with E-state index in [1.165, 1.54) is 38.5 Å². The lowest BCUT2D eigenvalue weighted by Crippen LogP contribution is -2.09. The van der Waals surface area contributed by atoms with Gasteiger partial charge < -0.3 is 13.9 Å². The minimum Gasteiger partial charge on any atom is -0.455 e. The molecule has 2 heterocycles. The molecule has 0 spiro atoms. The summed E-state index contributed by atoms with van der Waals surface area (Å²) in [5, 5.41) is 4.76. The van der Waals surface area contributed by atoms with Gasteiger partial charge in [0, 0.05) is 49.7 Å². The summed E-state index contributed by atoms with van der Waals surface area (Å²) in [5.41, 5.74) is 17.8. The number of hydrogen-bond acceptors (Lipinski definition) is 2. The van der Waals surface area contributed by atoms with Crippen LogP contribution in [-0.2, 0) is 0 Å². The average molecular weight is 805 g/mol. The molecule has 0 aliphatic rings. The third kappa shape index (κ3) is 6.38. The normalized spacial score (nSPS) is 11.5. The molecule has 0 radical (unpaired) electrons. The van der Waals surface area contributed by atoms with Gasteiger partial charge in [-0.25, -0.2) is 0 Å². The molecule has 63 heavy (non-hydrogen) atoms. The van der Waals surface area contributed by atoms with Gasteiger partial charge in [0.15, 0.2) is 0 Å². The molecule has 0 fully saturated rings. The van der Waals surface area contributed by atoms with Crippen molar-refractivity contribution in [3.8, 4) is 50.2 Å². The Morgan fingerprint density at radius 3 is 1.38 bits per heavy atom. The fraction of sp³-hybridized carbons (Fsp3) is 0. The zero-order valence-corrected chi connectivity index (χ0v) is 34.4.